The van der Waals surface area contributed by atoms with Crippen LogP contribution in [-0.4, -0.2) is 20.8 Å². The summed E-state index contributed by atoms with van der Waals surface area (Å²) in [6, 6.07) is 9.28. The maximum atomic E-state index is 13.7. The van der Waals surface area contributed by atoms with E-state index in [2.05, 4.69) is 21.0 Å². The monoisotopic (exact) mass is 546 g/mol. The van der Waals surface area contributed by atoms with E-state index >= 15 is 0 Å². The number of benzene rings is 1. The van der Waals surface area contributed by atoms with Gasteiger partial charge in [-0.3, -0.25) is 23.5 Å². The summed E-state index contributed by atoms with van der Waals surface area (Å²) in [5, 5.41) is 3.79. The number of aromatic nitrogens is 3. The first-order valence-electron chi connectivity index (χ1n) is 7.33. The molecule has 2 aromatic heterocycles. The summed E-state index contributed by atoms with van der Waals surface area (Å²) < 4.78 is 27.8. The van der Waals surface area contributed by atoms with Gasteiger partial charge in [-0.25, -0.2) is 0 Å². The third-order valence-electron chi connectivity index (χ3n) is 3.23. The molecule has 1 radical (unpaired) electrons. The summed E-state index contributed by atoms with van der Waals surface area (Å²) in [5.74, 6) is -1.83. The second-order valence-corrected chi connectivity index (χ2v) is 5.15. The summed E-state index contributed by atoms with van der Waals surface area (Å²) >= 11 is 0. The van der Waals surface area contributed by atoms with Crippen LogP contribution in [0.1, 0.15) is 11.4 Å². The normalized spacial score (nSPS) is 9.44. The maximum absolute atomic E-state index is 13.7. The fourth-order valence-electron chi connectivity index (χ4n) is 2.12. The molecule has 0 spiro atoms. The van der Waals surface area contributed by atoms with Crippen molar-refractivity contribution in [2.75, 3.05) is 0 Å². The maximum Gasteiger partial charge on any atom is 0.176 e. The van der Waals surface area contributed by atoms with E-state index in [0.29, 0.717) is 11.4 Å². The van der Waals surface area contributed by atoms with Gasteiger partial charge in [0, 0.05) is 43.6 Å². The Morgan fingerprint density at radius 2 is 2.04 bits per heavy atom. The zero-order valence-electron chi connectivity index (χ0n) is 14.3. The number of carbonyl (C=O) groups is 1. The Balaban J connectivity index is 0.000000288. The van der Waals surface area contributed by atoms with Crippen LogP contribution in [-0.2, 0) is 20.1 Å². The number of pyridine rings is 1. The molecule has 1 aromatic carbocycles. The van der Waals surface area contributed by atoms with Crippen molar-refractivity contribution in [1.82, 2.24) is 14.8 Å². The van der Waals surface area contributed by atoms with Gasteiger partial charge >= 0.3 is 0 Å². The molecule has 1 N–H and O–H groups in total. The van der Waals surface area contributed by atoms with E-state index in [9.17, 15) is 13.6 Å². The molecule has 0 bridgehead atoms. The van der Waals surface area contributed by atoms with Crippen LogP contribution in [0.3, 0.4) is 0 Å². The quantitative estimate of drug-likeness (QED) is 0.409. The standard InChI is InChI=1S/C12H5F2N2.C6H9N3O.Ir/c1-15-12-9(13)6-5-8(11(12)14)10-4-2-3-7-16-10;1-4-3-5(2)9(8-4)6(7)10;/h2-4,6-7H;3H,1-2H3,(H2,7,10);/q-1;;/p-1. The van der Waals surface area contributed by atoms with Gasteiger partial charge in [0.05, 0.1) is 6.57 Å². The molecule has 2 heterocycles. The number of hydrogen-bond acceptors (Lipinski definition) is 3. The predicted octanol–water partition coefficient (Wildman–Crippen LogP) is 4.90. The molecule has 27 heavy (non-hydrogen) atoms. The van der Waals surface area contributed by atoms with E-state index < -0.39 is 23.4 Å². The van der Waals surface area contributed by atoms with Crippen molar-refractivity contribution < 1.29 is 33.7 Å². The molecule has 0 unspecified atom stereocenters. The number of carbonyl (C=O) groups excluding carboxylic acids is 1. The Bertz CT molecular complexity index is 983. The second-order valence-electron chi connectivity index (χ2n) is 5.15. The summed E-state index contributed by atoms with van der Waals surface area (Å²) in [7, 11) is 0. The average Bonchev–Trinajstić information content (AvgIpc) is 2.95. The number of aryl methyl sites for hydroxylation is 2. The predicted molar refractivity (Wildman–Crippen MR) is 91.5 cm³/mol. The summed E-state index contributed by atoms with van der Waals surface area (Å²) in [5.41, 5.74) is 7.91. The Morgan fingerprint density at radius 3 is 2.48 bits per heavy atom. The molecular weight excluding hydrogens is 532 g/mol. The smallest absolute Gasteiger partial charge is 0.176 e. The van der Waals surface area contributed by atoms with Crippen LogP contribution in [0.4, 0.5) is 19.3 Å². The Hall–Kier alpha value is -2.95. The fraction of sp³-hybridized carbons (Fsp3) is 0.111. The zero-order chi connectivity index (χ0) is 19.3. The largest absolute Gasteiger partial charge is 0.446 e. The molecule has 0 saturated heterocycles. The SMILES string of the molecule is Cc1cc(C)n(C([NH-])=O)n1.[C-]#[N+]c1c(F)c[c-]c(-c2ccccn2)c1F.[Ir]. The van der Waals surface area contributed by atoms with E-state index in [4.69, 9.17) is 12.3 Å². The van der Waals surface area contributed by atoms with Crippen molar-refractivity contribution in [3.8, 4) is 11.3 Å². The molecule has 3 rings (SSSR count). The molecule has 0 atom stereocenters. The van der Waals surface area contributed by atoms with Crippen molar-refractivity contribution >= 4 is 11.7 Å². The van der Waals surface area contributed by atoms with Crippen molar-refractivity contribution in [2.24, 2.45) is 0 Å². The van der Waals surface area contributed by atoms with Crippen LogP contribution in [0.5, 0.6) is 0 Å². The van der Waals surface area contributed by atoms with E-state index in [1.165, 1.54) is 6.20 Å². The average molecular weight is 546 g/mol. The molecule has 1 amide bonds. The summed E-state index contributed by atoms with van der Waals surface area (Å²) in [4.78, 5) is 17.2. The minimum atomic E-state index is -0.922. The molecule has 0 aliphatic heterocycles. The van der Waals surface area contributed by atoms with Gasteiger partial charge in [0.25, 0.3) is 0 Å². The third kappa shape index (κ3) is 5.26. The zero-order valence-corrected chi connectivity index (χ0v) is 16.6. The van der Waals surface area contributed by atoms with Gasteiger partial charge in [-0.05, 0) is 37.4 Å². The number of nitrogens with one attached hydrogen (secondary N) is 1. The van der Waals surface area contributed by atoms with Crippen LogP contribution >= 0.6 is 0 Å². The van der Waals surface area contributed by atoms with Crippen LogP contribution in [0.15, 0.2) is 36.5 Å². The topological polar surface area (TPSA) is 75.9 Å². The number of hydrogen-bond donors (Lipinski definition) is 0. The van der Waals surface area contributed by atoms with Crippen molar-refractivity contribution in [1.29, 1.82) is 0 Å². The Morgan fingerprint density at radius 1 is 1.33 bits per heavy atom. The summed E-state index contributed by atoms with van der Waals surface area (Å²) in [6.07, 6.45) is 1.49. The van der Waals surface area contributed by atoms with E-state index in [-0.39, 0.29) is 25.7 Å². The van der Waals surface area contributed by atoms with Gasteiger partial charge in [0.1, 0.15) is 0 Å². The van der Waals surface area contributed by atoms with Crippen LogP contribution in [0.2, 0.25) is 0 Å². The van der Waals surface area contributed by atoms with Gasteiger partial charge in [-0.15, -0.1) is 17.7 Å². The van der Waals surface area contributed by atoms with Crippen molar-refractivity contribution in [3.05, 3.63) is 82.8 Å². The molecule has 3 aromatic rings. The number of rotatable bonds is 1. The van der Waals surface area contributed by atoms with Crippen molar-refractivity contribution in [3.63, 3.8) is 0 Å². The Labute approximate surface area is 168 Å². The molecule has 9 heteroatoms. The third-order valence-corrected chi connectivity index (χ3v) is 3.23. The first-order chi connectivity index (χ1) is 12.3. The molecular formula is C18H13F2IrN5O-2. The summed E-state index contributed by atoms with van der Waals surface area (Å²) in [6.45, 7) is 10.2. The first-order valence-corrected chi connectivity index (χ1v) is 7.33. The second kappa shape index (κ2) is 9.67. The number of nitrogens with zero attached hydrogens (tertiary/aromatic N) is 4. The van der Waals surface area contributed by atoms with E-state index in [1.54, 1.807) is 38.1 Å². The van der Waals surface area contributed by atoms with Gasteiger partial charge in [-0.2, -0.15) is 0 Å². The molecule has 0 saturated carbocycles. The molecule has 0 fully saturated rings. The van der Waals surface area contributed by atoms with E-state index in [0.717, 1.165) is 16.4 Å². The van der Waals surface area contributed by atoms with Crippen LogP contribution in [0, 0.1) is 38.1 Å². The fourth-order valence-corrected chi connectivity index (χ4v) is 2.12. The van der Waals surface area contributed by atoms with Crippen molar-refractivity contribution in [2.45, 2.75) is 13.8 Å². The van der Waals surface area contributed by atoms with Gasteiger partial charge in [0.15, 0.2) is 11.7 Å². The first kappa shape index (κ1) is 22.1. The number of halogens is 2. The van der Waals surface area contributed by atoms with Crippen LogP contribution in [0.25, 0.3) is 21.8 Å². The molecule has 0 aliphatic rings. The van der Waals surface area contributed by atoms with E-state index in [1.807, 2.05) is 0 Å². The Kier molecular flexibility index (Phi) is 7.91. The molecule has 0 aliphatic carbocycles. The van der Waals surface area contributed by atoms with Gasteiger partial charge < -0.3 is 15.4 Å². The van der Waals surface area contributed by atoms with Gasteiger partial charge in [-0.1, -0.05) is 12.1 Å². The number of amides is 1. The van der Waals surface area contributed by atoms with Gasteiger partial charge in [0.2, 0.25) is 0 Å². The minimum Gasteiger partial charge on any atom is -0.446 e. The molecule has 6 nitrogen and oxygen atoms in total. The molecule has 141 valence electrons. The van der Waals surface area contributed by atoms with Crippen LogP contribution < -0.4 is 0 Å². The minimum absolute atomic E-state index is 0.